The van der Waals surface area contributed by atoms with Gasteiger partial charge in [0, 0.05) is 5.75 Å². The molecule has 4 aliphatic rings. The van der Waals surface area contributed by atoms with Crippen LogP contribution in [0.4, 0.5) is 0 Å². The van der Waals surface area contributed by atoms with Gasteiger partial charge in [-0.2, -0.15) is 0 Å². The molecule has 0 atom stereocenters. The molecule has 4 heterocycles. The molecule has 0 aliphatic carbocycles. The largest absolute Gasteiger partial charge is 0.466 e. The second-order valence-corrected chi connectivity index (χ2v) is 25.3. The molecule has 0 radical (unpaired) electrons. The highest BCUT2D eigenvalue weighted by Gasteiger charge is 2.37. The first kappa shape index (κ1) is 40.1. The molecule has 252 valence electrons. The highest BCUT2D eigenvalue weighted by atomic mass is 32.3. The predicted molar refractivity (Wildman–Crippen MR) is 230 cm³/mol. The van der Waals surface area contributed by atoms with Gasteiger partial charge in [-0.1, -0.05) is 160 Å². The van der Waals surface area contributed by atoms with Crippen LogP contribution in [0.2, 0.25) is 0 Å². The number of carbonyl (C=O) groups is 1. The summed E-state index contributed by atoms with van der Waals surface area (Å²) in [5.74, 6) is 4.33. The molecular weight excluding hydrogens is 789 g/mol. The summed E-state index contributed by atoms with van der Waals surface area (Å²) in [4.78, 5) is 11.9. The van der Waals surface area contributed by atoms with E-state index in [0.717, 1.165) is 11.5 Å². The average molecular weight is 833 g/mol. The van der Waals surface area contributed by atoms with Crippen molar-refractivity contribution in [1.29, 1.82) is 0 Å². The van der Waals surface area contributed by atoms with E-state index in [0.29, 0.717) is 13.0 Å². The zero-order valence-electron chi connectivity index (χ0n) is 26.5. The van der Waals surface area contributed by atoms with Crippen LogP contribution in [0.1, 0.15) is 98.3 Å². The Bertz CT molecular complexity index is 1120. The Labute approximate surface area is 323 Å². The van der Waals surface area contributed by atoms with Gasteiger partial charge in [-0.3, -0.25) is 4.79 Å². The summed E-state index contributed by atoms with van der Waals surface area (Å²) in [5.41, 5.74) is 0. The highest BCUT2D eigenvalue weighted by molar-refractivity contribution is 8.51. The summed E-state index contributed by atoms with van der Waals surface area (Å²) in [6, 6.07) is 0. The topological polar surface area (TPSA) is 26.3 Å². The van der Waals surface area contributed by atoms with Crippen LogP contribution in [0, 0.1) is 0 Å². The molecule has 0 unspecified atom stereocenters. The van der Waals surface area contributed by atoms with E-state index in [9.17, 15) is 4.79 Å². The van der Waals surface area contributed by atoms with Crippen LogP contribution in [0.5, 0.6) is 0 Å². The van der Waals surface area contributed by atoms with Gasteiger partial charge < -0.3 is 4.74 Å². The molecule has 0 saturated heterocycles. The lowest BCUT2D eigenvalue weighted by molar-refractivity contribution is -0.142. The number of thioether (sulfide) groups is 12. The van der Waals surface area contributed by atoms with Crippen molar-refractivity contribution >= 4 is 147 Å². The van der Waals surface area contributed by atoms with Gasteiger partial charge in [0.05, 0.1) is 55.4 Å². The summed E-state index contributed by atoms with van der Waals surface area (Å²) in [5, 5.41) is 0. The van der Waals surface area contributed by atoms with Gasteiger partial charge in [0.15, 0.2) is 0 Å². The Morgan fingerprint density at radius 1 is 0.467 bits per heavy atom. The minimum Gasteiger partial charge on any atom is -0.466 e. The smallest absolute Gasteiger partial charge is 0.306 e. The molecule has 4 aliphatic heterocycles. The third kappa shape index (κ3) is 13.5. The molecular formula is C31H44O2S12. The van der Waals surface area contributed by atoms with Gasteiger partial charge in [-0.25, -0.2) is 0 Å². The fraction of sp³-hybridized carbons (Fsp3) is 0.645. The van der Waals surface area contributed by atoms with E-state index < -0.39 is 0 Å². The normalized spacial score (nSPS) is 18.5. The summed E-state index contributed by atoms with van der Waals surface area (Å²) in [6.07, 6.45) is 13.6. The van der Waals surface area contributed by atoms with Crippen LogP contribution in [0.15, 0.2) is 42.4 Å². The number of hydrogen-bond acceptors (Lipinski definition) is 14. The number of ether oxygens (including phenoxy) is 1. The fourth-order valence-electron chi connectivity index (χ4n) is 3.98. The van der Waals surface area contributed by atoms with E-state index >= 15 is 0 Å². The van der Waals surface area contributed by atoms with Gasteiger partial charge in [0.2, 0.25) is 0 Å². The fourth-order valence-corrected chi connectivity index (χ4v) is 22.9. The van der Waals surface area contributed by atoms with Crippen LogP contribution in [0.25, 0.3) is 0 Å². The molecule has 0 aromatic rings. The molecule has 0 amide bonds. The second kappa shape index (κ2) is 23.0. The predicted octanol–water partition coefficient (Wildman–Crippen LogP) is 15.4. The third-order valence-electron chi connectivity index (χ3n) is 6.35. The molecule has 14 heteroatoms. The molecule has 2 nitrogen and oxygen atoms in total. The quantitative estimate of drug-likeness (QED) is 0.0811. The maximum absolute atomic E-state index is 11.9. The van der Waals surface area contributed by atoms with Crippen molar-refractivity contribution in [3.8, 4) is 0 Å². The van der Waals surface area contributed by atoms with Crippen LogP contribution < -0.4 is 0 Å². The van der Waals surface area contributed by atoms with Crippen LogP contribution in [0.3, 0.4) is 0 Å². The average Bonchev–Trinajstić information content (AvgIpc) is 3.80. The van der Waals surface area contributed by atoms with Gasteiger partial charge >= 0.3 is 5.97 Å². The summed E-state index contributed by atoms with van der Waals surface area (Å²) < 4.78 is 19.8. The van der Waals surface area contributed by atoms with Gasteiger partial charge in [-0.05, 0) is 43.4 Å². The van der Waals surface area contributed by atoms with Crippen molar-refractivity contribution < 1.29 is 9.53 Å². The highest BCUT2D eigenvalue weighted by Crippen LogP contribution is 2.73. The first-order valence-electron chi connectivity index (χ1n) is 15.9. The monoisotopic (exact) mass is 832 g/mol. The van der Waals surface area contributed by atoms with E-state index in [1.54, 1.807) is 8.47 Å². The van der Waals surface area contributed by atoms with E-state index in [-0.39, 0.29) is 5.97 Å². The first-order valence-corrected chi connectivity index (χ1v) is 26.3. The maximum Gasteiger partial charge on any atom is 0.306 e. The zero-order chi connectivity index (χ0) is 31.9. The molecule has 0 saturated carbocycles. The van der Waals surface area contributed by atoms with Crippen LogP contribution in [-0.2, 0) is 9.53 Å². The van der Waals surface area contributed by atoms with E-state index in [4.69, 9.17) is 4.74 Å². The number of esters is 1. The molecule has 45 heavy (non-hydrogen) atoms. The number of hydrogen-bond donors (Lipinski definition) is 0. The molecule has 0 fully saturated rings. The van der Waals surface area contributed by atoms with Crippen LogP contribution in [-0.4, -0.2) is 35.6 Å². The third-order valence-corrected chi connectivity index (χ3v) is 24.3. The first-order chi connectivity index (χ1) is 22.1. The zero-order valence-corrected chi connectivity index (χ0v) is 36.3. The lowest BCUT2D eigenvalue weighted by atomic mass is 10.2. The minimum atomic E-state index is -0.0920. The molecule has 0 N–H and O–H groups in total. The summed E-state index contributed by atoms with van der Waals surface area (Å²) in [7, 11) is 0. The minimum absolute atomic E-state index is 0.0920. The van der Waals surface area contributed by atoms with Crippen molar-refractivity contribution in [3.05, 3.63) is 42.4 Å². The Balaban J connectivity index is 1.33. The molecule has 0 aromatic heterocycles. The number of rotatable bonds is 21. The lowest BCUT2D eigenvalue weighted by Gasteiger charge is -2.07. The standard InChI is InChI=1S/C31H44O2S12/c1-5-9-12-14-18-35-22-23(36-19-15-13-10-6-2)39-26(38-22)28-42-30-31(43-28)45-29(44-30)27-40-24(34-17-11-7-3)25(41-27)37-20-16-21(32)33-8-4/h5-20H2,1-4H3. The number of carbonyl (C=O) groups excluding carboxylic acids is 1. The van der Waals surface area contributed by atoms with Crippen molar-refractivity contribution in [2.45, 2.75) is 98.3 Å². The van der Waals surface area contributed by atoms with Crippen molar-refractivity contribution in [1.82, 2.24) is 0 Å². The van der Waals surface area contributed by atoms with Crippen molar-refractivity contribution in [3.63, 3.8) is 0 Å². The molecule has 0 bridgehead atoms. The Kier molecular flexibility index (Phi) is 20.6. The van der Waals surface area contributed by atoms with Crippen molar-refractivity contribution in [2.24, 2.45) is 0 Å². The van der Waals surface area contributed by atoms with E-state index in [1.165, 1.54) is 110 Å². The van der Waals surface area contributed by atoms with Gasteiger partial charge in [0.1, 0.15) is 0 Å². The van der Waals surface area contributed by atoms with Crippen LogP contribution >= 0.6 is 141 Å². The van der Waals surface area contributed by atoms with Crippen molar-refractivity contribution in [2.75, 3.05) is 29.6 Å². The van der Waals surface area contributed by atoms with Gasteiger partial charge in [-0.15, -0.1) is 47.0 Å². The second-order valence-electron chi connectivity index (χ2n) is 10.1. The Morgan fingerprint density at radius 3 is 1.20 bits per heavy atom. The lowest BCUT2D eigenvalue weighted by Crippen LogP contribution is -2.04. The maximum atomic E-state index is 11.9. The molecule has 0 aromatic carbocycles. The molecule has 4 rings (SSSR count). The summed E-state index contributed by atoms with van der Waals surface area (Å²) >= 11 is 24.0. The Hall–Kier alpha value is 2.37. The van der Waals surface area contributed by atoms with Gasteiger partial charge in [0.25, 0.3) is 0 Å². The number of unbranched alkanes of at least 4 members (excludes halogenated alkanes) is 7. The van der Waals surface area contributed by atoms with E-state index in [1.807, 2.05) is 125 Å². The summed E-state index contributed by atoms with van der Waals surface area (Å²) in [6.45, 7) is 9.18. The Morgan fingerprint density at radius 2 is 0.822 bits per heavy atom. The molecule has 0 spiro atoms. The SMILES string of the molecule is CCCCCCSC1=C(SCCCCCC)SC(=C2SC3=C(S2)SC(=C2SC(SCCCC)=C(SCCC(=O)OCC)S2)S3)S1. The van der Waals surface area contributed by atoms with E-state index in [2.05, 4.69) is 44.3 Å².